The van der Waals surface area contributed by atoms with Crippen LogP contribution in [0.5, 0.6) is 0 Å². The van der Waals surface area contributed by atoms with Crippen molar-refractivity contribution in [1.82, 2.24) is 4.90 Å². The van der Waals surface area contributed by atoms with E-state index in [-0.39, 0.29) is 0 Å². The molecule has 0 saturated carbocycles. The van der Waals surface area contributed by atoms with Crippen LogP contribution in [0.2, 0.25) is 12.1 Å². The van der Waals surface area contributed by atoms with Gasteiger partial charge < -0.3 is 31.5 Å². The van der Waals surface area contributed by atoms with Crippen molar-refractivity contribution < 1.29 is 26.6 Å². The number of nitrogens with zero attached hydrogens (tertiary/aromatic N) is 1. The molecule has 0 fully saturated rings. The van der Waals surface area contributed by atoms with Crippen molar-refractivity contribution in [1.29, 1.82) is 0 Å². The van der Waals surface area contributed by atoms with Crippen LogP contribution in [0.25, 0.3) is 0 Å². The van der Waals surface area contributed by atoms with Gasteiger partial charge in [0.05, 0.1) is 0 Å². The fourth-order valence-corrected chi connectivity index (χ4v) is 6.97. The van der Waals surface area contributed by atoms with Crippen LogP contribution in [0.4, 0.5) is 0 Å². The number of hydrogen-bond donors (Lipinski definition) is 0. The van der Waals surface area contributed by atoms with E-state index in [0.29, 0.717) is 0 Å². The highest BCUT2D eigenvalue weighted by atomic mass is 28.4. The average Bonchev–Trinajstić information content (AvgIpc) is 2.74. The summed E-state index contributed by atoms with van der Waals surface area (Å²) < 4.78 is 32.8. The Bertz CT molecular complexity index is 309. The molecule has 0 unspecified atom stereocenters. The Morgan fingerprint density at radius 2 is 0.750 bits per heavy atom. The summed E-state index contributed by atoms with van der Waals surface area (Å²) in [6.45, 7) is 2.32. The molecule has 0 bridgehead atoms. The summed E-state index contributed by atoms with van der Waals surface area (Å²) in [6.07, 6.45) is 9.55. The molecule has 0 atom stereocenters. The largest absolute Gasteiger partial charge is 0.500 e. The minimum absolute atomic E-state index is 0.895. The van der Waals surface area contributed by atoms with E-state index in [1.165, 1.54) is 38.5 Å². The fourth-order valence-electron chi connectivity index (χ4n) is 3.38. The van der Waals surface area contributed by atoms with E-state index in [1.54, 1.807) is 42.7 Å². The quantitative estimate of drug-likeness (QED) is 0.211. The maximum Gasteiger partial charge on any atom is 0.500 e. The maximum atomic E-state index is 5.46. The summed E-state index contributed by atoms with van der Waals surface area (Å²) in [5, 5.41) is 0. The van der Waals surface area contributed by atoms with Gasteiger partial charge in [0, 0.05) is 54.7 Å². The number of rotatable bonds is 20. The van der Waals surface area contributed by atoms with Crippen molar-refractivity contribution in [3.63, 3.8) is 0 Å². The lowest BCUT2D eigenvalue weighted by Gasteiger charge is -2.24. The predicted molar refractivity (Wildman–Crippen MR) is 118 cm³/mol. The van der Waals surface area contributed by atoms with Gasteiger partial charge in [0.2, 0.25) is 0 Å². The summed E-state index contributed by atoms with van der Waals surface area (Å²) >= 11 is 0. The summed E-state index contributed by atoms with van der Waals surface area (Å²) in [6, 6.07) is 1.79. The van der Waals surface area contributed by atoms with Gasteiger partial charge in [0.25, 0.3) is 0 Å². The van der Waals surface area contributed by atoms with Crippen LogP contribution >= 0.6 is 0 Å². The van der Waals surface area contributed by atoms with Gasteiger partial charge in [0.1, 0.15) is 0 Å². The molecule has 0 amide bonds. The van der Waals surface area contributed by atoms with Crippen LogP contribution < -0.4 is 0 Å². The third-order valence-electron chi connectivity index (χ3n) is 5.41. The second-order valence-corrected chi connectivity index (χ2v) is 13.4. The Balaban J connectivity index is 3.65. The van der Waals surface area contributed by atoms with Crippen molar-refractivity contribution in [2.45, 2.75) is 63.5 Å². The highest BCUT2D eigenvalue weighted by Gasteiger charge is 2.37. The van der Waals surface area contributed by atoms with Crippen LogP contribution in [-0.2, 0) is 26.6 Å². The fraction of sp³-hybridized carbons (Fsp3) is 1.00. The predicted octanol–water partition coefficient (Wildman–Crippen LogP) is 3.80. The van der Waals surface area contributed by atoms with Gasteiger partial charge in [-0.25, -0.2) is 0 Å². The number of unbranched alkanes of at least 4 members (excludes halogenated alkanes) is 6. The van der Waals surface area contributed by atoms with Crippen LogP contribution in [0, 0.1) is 0 Å². The highest BCUT2D eigenvalue weighted by Crippen LogP contribution is 2.19. The molecule has 0 rings (SSSR count). The first-order valence-corrected chi connectivity index (χ1v) is 14.3. The summed E-state index contributed by atoms with van der Waals surface area (Å²) in [5.41, 5.74) is 0. The van der Waals surface area contributed by atoms with Crippen LogP contribution in [0.15, 0.2) is 0 Å². The lowest BCUT2D eigenvalue weighted by molar-refractivity contribution is 0.122. The maximum absolute atomic E-state index is 5.46. The van der Waals surface area contributed by atoms with Crippen molar-refractivity contribution in [2.75, 3.05) is 62.8 Å². The molecular formula is C19H45NO6Si2. The van der Waals surface area contributed by atoms with E-state index in [4.69, 9.17) is 26.6 Å². The van der Waals surface area contributed by atoms with E-state index >= 15 is 0 Å². The van der Waals surface area contributed by atoms with Gasteiger partial charge >= 0.3 is 17.6 Å². The van der Waals surface area contributed by atoms with Gasteiger partial charge in [-0.2, -0.15) is 0 Å². The zero-order chi connectivity index (χ0) is 21.3. The van der Waals surface area contributed by atoms with Gasteiger partial charge in [0.15, 0.2) is 0 Å². The molecule has 0 aliphatic heterocycles. The third kappa shape index (κ3) is 11.4. The first-order chi connectivity index (χ1) is 13.5. The van der Waals surface area contributed by atoms with Crippen LogP contribution in [0.1, 0.15) is 51.4 Å². The van der Waals surface area contributed by atoms with Gasteiger partial charge in [-0.1, -0.05) is 25.7 Å². The van der Waals surface area contributed by atoms with Gasteiger partial charge in [-0.3, -0.25) is 0 Å². The highest BCUT2D eigenvalue weighted by molar-refractivity contribution is 6.60. The topological polar surface area (TPSA) is 58.6 Å². The minimum Gasteiger partial charge on any atom is -0.377 e. The van der Waals surface area contributed by atoms with E-state index in [2.05, 4.69) is 11.9 Å². The summed E-state index contributed by atoms with van der Waals surface area (Å²) in [7, 11) is 7.54. The van der Waals surface area contributed by atoms with Crippen molar-refractivity contribution in [2.24, 2.45) is 0 Å². The van der Waals surface area contributed by atoms with E-state index in [9.17, 15) is 0 Å². The Morgan fingerprint density at radius 3 is 1.04 bits per heavy atom. The molecule has 0 aliphatic carbocycles. The van der Waals surface area contributed by atoms with E-state index < -0.39 is 17.6 Å². The Labute approximate surface area is 175 Å². The second-order valence-electron chi connectivity index (χ2n) is 7.22. The molecule has 0 saturated heterocycles. The molecule has 0 aromatic heterocycles. The minimum atomic E-state index is -2.38. The molecule has 0 heterocycles. The molecule has 0 aromatic rings. The molecule has 170 valence electrons. The lowest BCUT2D eigenvalue weighted by Crippen LogP contribution is -2.42. The summed E-state index contributed by atoms with van der Waals surface area (Å²) in [5.74, 6) is 0. The second kappa shape index (κ2) is 16.9. The molecule has 0 radical (unpaired) electrons. The molecule has 7 nitrogen and oxygen atoms in total. The lowest BCUT2D eigenvalue weighted by atomic mass is 10.2. The molecule has 0 N–H and O–H groups in total. The Hall–Kier alpha value is 0.154. The first-order valence-electron chi connectivity index (χ1n) is 10.5. The number of hydrogen-bond acceptors (Lipinski definition) is 7. The van der Waals surface area contributed by atoms with Gasteiger partial charge in [-0.15, -0.1) is 0 Å². The van der Waals surface area contributed by atoms with Crippen molar-refractivity contribution in [3.05, 3.63) is 0 Å². The summed E-state index contributed by atoms with van der Waals surface area (Å²) in [4.78, 5) is 2.44. The normalized spacial score (nSPS) is 12.9. The zero-order valence-electron chi connectivity index (χ0n) is 19.4. The monoisotopic (exact) mass is 439 g/mol. The standard InChI is InChI=1S/C19H45NO6Si2/c1-20(16-12-8-10-14-18-27(21-2,22-3)23-4)17-13-9-11-15-19-28(24-5,25-6)26-7/h8-19H2,1-7H3. The smallest absolute Gasteiger partial charge is 0.377 e. The first kappa shape index (κ1) is 28.2. The van der Waals surface area contributed by atoms with Crippen LogP contribution in [-0.4, -0.2) is 85.3 Å². The van der Waals surface area contributed by atoms with E-state index in [1.807, 2.05) is 0 Å². The van der Waals surface area contributed by atoms with Crippen molar-refractivity contribution in [3.8, 4) is 0 Å². The Kier molecular flexibility index (Phi) is 17.0. The van der Waals surface area contributed by atoms with Gasteiger partial charge in [-0.05, 0) is 45.8 Å². The Morgan fingerprint density at radius 1 is 0.464 bits per heavy atom. The molecule has 9 heteroatoms. The SMILES string of the molecule is CO[Si](CCCCCCN(C)CCCCCC[Si](OC)(OC)OC)(OC)OC. The van der Waals surface area contributed by atoms with E-state index in [0.717, 1.165) is 38.0 Å². The molecule has 0 aromatic carbocycles. The molecule has 28 heavy (non-hydrogen) atoms. The average molecular weight is 440 g/mol. The molecule has 0 spiro atoms. The molecular weight excluding hydrogens is 394 g/mol. The zero-order valence-corrected chi connectivity index (χ0v) is 21.4. The molecule has 0 aliphatic rings. The van der Waals surface area contributed by atoms with Crippen molar-refractivity contribution >= 4 is 17.6 Å². The van der Waals surface area contributed by atoms with Crippen LogP contribution in [0.3, 0.4) is 0 Å². The third-order valence-corrected chi connectivity index (χ3v) is 11.1.